The van der Waals surface area contributed by atoms with E-state index < -0.39 is 0 Å². The SMILES string of the molecule is Cl.OCC1=CC=CC1.[Ti]. The first kappa shape index (κ1) is 12.2. The third-order valence-electron chi connectivity index (χ3n) is 1.05. The van der Waals surface area contributed by atoms with Crippen molar-refractivity contribution < 1.29 is 26.8 Å². The number of aliphatic hydroxyl groups is 1. The molecule has 0 fully saturated rings. The molecule has 0 atom stereocenters. The van der Waals surface area contributed by atoms with Gasteiger partial charge in [0.05, 0.1) is 6.61 Å². The standard InChI is InChI=1S/C6H8O.ClH.Ti/c7-5-6-3-1-2-4-6;;/h1-3,7H,4-5H2;1H;. The molecule has 0 spiro atoms. The summed E-state index contributed by atoms with van der Waals surface area (Å²) in [5.41, 5.74) is 1.11. The molecule has 1 N–H and O–H groups in total. The molecule has 0 aromatic carbocycles. The van der Waals surface area contributed by atoms with Crippen LogP contribution in [0.15, 0.2) is 23.8 Å². The van der Waals surface area contributed by atoms with Crippen LogP contribution in [0.2, 0.25) is 0 Å². The van der Waals surface area contributed by atoms with Gasteiger partial charge in [-0.05, 0) is 12.0 Å². The van der Waals surface area contributed by atoms with E-state index in [1.54, 1.807) is 0 Å². The van der Waals surface area contributed by atoms with Crippen molar-refractivity contribution in [3.63, 3.8) is 0 Å². The Hall–Kier alpha value is 0.444. The number of hydrogen-bond acceptors (Lipinski definition) is 1. The molecular weight excluding hydrogens is 171 g/mol. The molecule has 1 aliphatic rings. The number of aliphatic hydroxyl groups excluding tert-OH is 1. The molecular formula is C6H9ClOTi. The quantitative estimate of drug-likeness (QED) is 0.603. The molecule has 1 rings (SSSR count). The maximum atomic E-state index is 8.46. The van der Waals surface area contributed by atoms with Gasteiger partial charge in [0.1, 0.15) is 0 Å². The smallest absolute Gasteiger partial charge is 0.0647 e. The normalized spacial score (nSPS) is 13.7. The topological polar surface area (TPSA) is 20.2 Å². The van der Waals surface area contributed by atoms with Crippen LogP contribution < -0.4 is 0 Å². The van der Waals surface area contributed by atoms with Gasteiger partial charge < -0.3 is 5.11 Å². The zero-order valence-corrected chi connectivity index (χ0v) is 7.38. The average Bonchev–Trinajstić information content (AvgIpc) is 2.14. The predicted octanol–water partition coefficient (Wildman–Crippen LogP) is 1.28. The first-order chi connectivity index (χ1) is 3.43. The Bertz CT molecular complexity index is 120. The van der Waals surface area contributed by atoms with Crippen LogP contribution in [0, 0.1) is 0 Å². The van der Waals surface area contributed by atoms with Crippen LogP contribution >= 0.6 is 12.4 Å². The molecule has 0 saturated heterocycles. The second kappa shape index (κ2) is 6.56. The van der Waals surface area contributed by atoms with Crippen LogP contribution in [-0.2, 0) is 21.7 Å². The maximum Gasteiger partial charge on any atom is 0.0647 e. The Labute approximate surface area is 76.1 Å². The van der Waals surface area contributed by atoms with Gasteiger partial charge in [0.15, 0.2) is 0 Å². The van der Waals surface area contributed by atoms with E-state index in [2.05, 4.69) is 0 Å². The van der Waals surface area contributed by atoms with Crippen molar-refractivity contribution in [2.24, 2.45) is 0 Å². The van der Waals surface area contributed by atoms with Gasteiger partial charge in [0.25, 0.3) is 0 Å². The summed E-state index contributed by atoms with van der Waals surface area (Å²) in [4.78, 5) is 0. The summed E-state index contributed by atoms with van der Waals surface area (Å²) in [5.74, 6) is 0. The van der Waals surface area contributed by atoms with E-state index in [9.17, 15) is 0 Å². The van der Waals surface area contributed by atoms with Crippen molar-refractivity contribution >= 4 is 12.4 Å². The fraction of sp³-hybridized carbons (Fsp3) is 0.333. The molecule has 0 aromatic rings. The molecule has 0 radical (unpaired) electrons. The van der Waals surface area contributed by atoms with Gasteiger partial charge in [-0.15, -0.1) is 12.4 Å². The Morgan fingerprint density at radius 3 is 2.44 bits per heavy atom. The summed E-state index contributed by atoms with van der Waals surface area (Å²) in [7, 11) is 0. The predicted molar refractivity (Wildman–Crippen MR) is 36.2 cm³/mol. The number of halogens is 1. The summed E-state index contributed by atoms with van der Waals surface area (Å²) >= 11 is 0. The van der Waals surface area contributed by atoms with E-state index in [4.69, 9.17) is 5.11 Å². The van der Waals surface area contributed by atoms with Gasteiger partial charge in [-0.1, -0.05) is 18.2 Å². The second-order valence-electron chi connectivity index (χ2n) is 1.62. The molecule has 0 unspecified atom stereocenters. The minimum Gasteiger partial charge on any atom is -0.392 e. The van der Waals surface area contributed by atoms with E-state index in [0.29, 0.717) is 0 Å². The summed E-state index contributed by atoms with van der Waals surface area (Å²) in [6.45, 7) is 0.215. The number of hydrogen-bond donors (Lipinski definition) is 1. The molecule has 1 nitrogen and oxygen atoms in total. The zero-order chi connectivity index (χ0) is 5.11. The van der Waals surface area contributed by atoms with Gasteiger partial charge in [0.2, 0.25) is 0 Å². The molecule has 0 amide bonds. The molecule has 0 bridgehead atoms. The molecule has 0 heterocycles. The minimum absolute atomic E-state index is 0. The van der Waals surface area contributed by atoms with Crippen molar-refractivity contribution in [3.05, 3.63) is 23.8 Å². The van der Waals surface area contributed by atoms with Crippen molar-refractivity contribution in [2.45, 2.75) is 6.42 Å². The van der Waals surface area contributed by atoms with E-state index in [1.165, 1.54) is 0 Å². The second-order valence-corrected chi connectivity index (χ2v) is 1.62. The summed E-state index contributed by atoms with van der Waals surface area (Å²) in [6, 6.07) is 0. The van der Waals surface area contributed by atoms with Gasteiger partial charge >= 0.3 is 0 Å². The molecule has 1 aliphatic carbocycles. The van der Waals surface area contributed by atoms with Crippen LogP contribution in [0.3, 0.4) is 0 Å². The summed E-state index contributed by atoms with van der Waals surface area (Å²) < 4.78 is 0. The first-order valence-corrected chi connectivity index (χ1v) is 2.39. The zero-order valence-electron chi connectivity index (χ0n) is 5.00. The first-order valence-electron chi connectivity index (χ1n) is 2.39. The summed E-state index contributed by atoms with van der Waals surface area (Å²) in [5, 5.41) is 8.46. The third-order valence-corrected chi connectivity index (χ3v) is 1.05. The Morgan fingerprint density at radius 1 is 1.56 bits per heavy atom. The minimum atomic E-state index is 0. The van der Waals surface area contributed by atoms with Crippen LogP contribution in [0.1, 0.15) is 6.42 Å². The monoisotopic (exact) mass is 180 g/mol. The molecule has 50 valence electrons. The van der Waals surface area contributed by atoms with Crippen molar-refractivity contribution in [1.29, 1.82) is 0 Å². The molecule has 3 heteroatoms. The van der Waals surface area contributed by atoms with Gasteiger partial charge in [-0.25, -0.2) is 0 Å². The van der Waals surface area contributed by atoms with Gasteiger partial charge in [-0.2, -0.15) is 0 Å². The number of allylic oxidation sites excluding steroid dienone is 3. The van der Waals surface area contributed by atoms with E-state index in [1.807, 2.05) is 18.2 Å². The molecule has 0 aliphatic heterocycles. The number of rotatable bonds is 1. The van der Waals surface area contributed by atoms with E-state index >= 15 is 0 Å². The van der Waals surface area contributed by atoms with Crippen LogP contribution in [-0.4, -0.2) is 11.7 Å². The molecule has 9 heavy (non-hydrogen) atoms. The Kier molecular flexibility index (Phi) is 8.86. The maximum absolute atomic E-state index is 8.46. The third kappa shape index (κ3) is 3.93. The van der Waals surface area contributed by atoms with Crippen LogP contribution in [0.5, 0.6) is 0 Å². The molecule has 0 aromatic heterocycles. The van der Waals surface area contributed by atoms with Crippen molar-refractivity contribution in [2.75, 3.05) is 6.61 Å². The van der Waals surface area contributed by atoms with Crippen LogP contribution in [0.25, 0.3) is 0 Å². The van der Waals surface area contributed by atoms with Gasteiger partial charge in [0, 0.05) is 21.7 Å². The fourth-order valence-electron chi connectivity index (χ4n) is 0.609. The molecule has 0 saturated carbocycles. The van der Waals surface area contributed by atoms with Gasteiger partial charge in [-0.3, -0.25) is 0 Å². The van der Waals surface area contributed by atoms with E-state index in [-0.39, 0.29) is 40.7 Å². The Morgan fingerprint density at radius 2 is 2.22 bits per heavy atom. The average molecular weight is 180 g/mol. The van der Waals surface area contributed by atoms with Crippen molar-refractivity contribution in [3.8, 4) is 0 Å². The largest absolute Gasteiger partial charge is 0.392 e. The van der Waals surface area contributed by atoms with E-state index in [0.717, 1.165) is 12.0 Å². The Balaban J connectivity index is 0. The van der Waals surface area contributed by atoms with Crippen LogP contribution in [0.4, 0.5) is 0 Å². The van der Waals surface area contributed by atoms with Crippen molar-refractivity contribution in [1.82, 2.24) is 0 Å². The fourth-order valence-corrected chi connectivity index (χ4v) is 0.609. The summed E-state index contributed by atoms with van der Waals surface area (Å²) in [6.07, 6.45) is 6.88.